The number of carbonyl (C=O) groups is 2. The Balaban J connectivity index is 1.77. The molecule has 0 aliphatic heterocycles. The molecule has 0 spiro atoms. The van der Waals surface area contributed by atoms with Gasteiger partial charge in [0.1, 0.15) is 5.51 Å². The van der Waals surface area contributed by atoms with Crippen LogP contribution in [-0.2, 0) is 16.1 Å². The van der Waals surface area contributed by atoms with E-state index in [1.54, 1.807) is 29.8 Å². The number of methoxy groups -OCH3 is 1. The lowest BCUT2D eigenvalue weighted by atomic mass is 10.1. The van der Waals surface area contributed by atoms with Gasteiger partial charge in [-0.25, -0.2) is 4.79 Å². The number of amides is 1. The van der Waals surface area contributed by atoms with Crippen molar-refractivity contribution in [3.8, 4) is 0 Å². The molecule has 1 amide bonds. The highest BCUT2D eigenvalue weighted by molar-refractivity contribution is 8.01. The average molecular weight is 323 g/mol. The largest absolute Gasteiger partial charge is 0.465 e. The first-order chi connectivity index (χ1) is 10.2. The molecule has 0 radical (unpaired) electrons. The molecular weight excluding hydrogens is 310 g/mol. The van der Waals surface area contributed by atoms with Crippen molar-refractivity contribution in [2.75, 3.05) is 12.9 Å². The quantitative estimate of drug-likeness (QED) is 0.644. The summed E-state index contributed by atoms with van der Waals surface area (Å²) >= 11 is 2.75. The van der Waals surface area contributed by atoms with Gasteiger partial charge in [0.25, 0.3) is 0 Å². The molecule has 6 nitrogen and oxygen atoms in total. The topological polar surface area (TPSA) is 81.2 Å². The van der Waals surface area contributed by atoms with Crippen LogP contribution in [0.1, 0.15) is 15.9 Å². The first-order valence-corrected chi connectivity index (χ1v) is 7.88. The maximum Gasteiger partial charge on any atom is 0.337 e. The highest BCUT2D eigenvalue weighted by Gasteiger charge is 2.06. The van der Waals surface area contributed by atoms with E-state index in [9.17, 15) is 9.59 Å². The first kappa shape index (κ1) is 15.5. The SMILES string of the molecule is COC(=O)c1ccc(CNC(=O)CSc2nncs2)cc1. The van der Waals surface area contributed by atoms with Crippen LogP contribution in [0.5, 0.6) is 0 Å². The normalized spacial score (nSPS) is 10.1. The van der Waals surface area contributed by atoms with Crippen LogP contribution in [0.4, 0.5) is 0 Å². The number of ether oxygens (including phenoxy) is 1. The van der Waals surface area contributed by atoms with Gasteiger partial charge < -0.3 is 10.1 Å². The van der Waals surface area contributed by atoms with Crippen molar-refractivity contribution in [3.05, 3.63) is 40.9 Å². The number of thioether (sulfide) groups is 1. The minimum Gasteiger partial charge on any atom is -0.465 e. The Hall–Kier alpha value is -1.93. The van der Waals surface area contributed by atoms with Crippen molar-refractivity contribution >= 4 is 35.0 Å². The number of hydrogen-bond donors (Lipinski definition) is 1. The molecular formula is C13H13N3O3S2. The van der Waals surface area contributed by atoms with E-state index in [0.29, 0.717) is 17.9 Å². The molecule has 1 aromatic heterocycles. The van der Waals surface area contributed by atoms with Crippen LogP contribution in [-0.4, -0.2) is 34.9 Å². The molecule has 21 heavy (non-hydrogen) atoms. The van der Waals surface area contributed by atoms with Gasteiger partial charge in [0.05, 0.1) is 18.4 Å². The van der Waals surface area contributed by atoms with Crippen molar-refractivity contribution in [2.24, 2.45) is 0 Å². The second-order valence-corrected chi connectivity index (χ2v) is 6.01. The predicted molar refractivity (Wildman–Crippen MR) is 80.3 cm³/mol. The Labute approximate surface area is 129 Å². The van der Waals surface area contributed by atoms with Crippen LogP contribution < -0.4 is 5.32 Å². The maximum atomic E-state index is 11.7. The minimum atomic E-state index is -0.376. The number of hydrogen-bond acceptors (Lipinski definition) is 7. The van der Waals surface area contributed by atoms with E-state index in [4.69, 9.17) is 0 Å². The molecule has 2 rings (SSSR count). The number of benzene rings is 1. The van der Waals surface area contributed by atoms with Crippen LogP contribution in [0.15, 0.2) is 34.1 Å². The van der Waals surface area contributed by atoms with E-state index in [2.05, 4.69) is 20.3 Å². The lowest BCUT2D eigenvalue weighted by molar-refractivity contribution is -0.118. The molecule has 1 heterocycles. The Morgan fingerprint density at radius 2 is 2.10 bits per heavy atom. The zero-order valence-electron chi connectivity index (χ0n) is 11.2. The Morgan fingerprint density at radius 1 is 1.33 bits per heavy atom. The first-order valence-electron chi connectivity index (χ1n) is 6.02. The fourth-order valence-electron chi connectivity index (χ4n) is 1.48. The van der Waals surface area contributed by atoms with Gasteiger partial charge >= 0.3 is 5.97 Å². The van der Waals surface area contributed by atoms with Crippen LogP contribution >= 0.6 is 23.1 Å². The lowest BCUT2D eigenvalue weighted by Crippen LogP contribution is -2.24. The molecule has 2 aromatic rings. The van der Waals surface area contributed by atoms with Gasteiger partial charge in [-0.3, -0.25) is 4.79 Å². The zero-order chi connectivity index (χ0) is 15.1. The van der Waals surface area contributed by atoms with Gasteiger partial charge in [0.15, 0.2) is 4.34 Å². The zero-order valence-corrected chi connectivity index (χ0v) is 12.9. The molecule has 0 unspecified atom stereocenters. The summed E-state index contributed by atoms with van der Waals surface area (Å²) in [5.41, 5.74) is 3.03. The van der Waals surface area contributed by atoms with Crippen molar-refractivity contribution in [1.29, 1.82) is 0 Å². The lowest BCUT2D eigenvalue weighted by Gasteiger charge is -2.05. The molecule has 0 aliphatic rings. The van der Waals surface area contributed by atoms with Crippen LogP contribution in [0, 0.1) is 0 Å². The molecule has 0 atom stereocenters. The molecule has 1 aromatic carbocycles. The molecule has 110 valence electrons. The number of esters is 1. The van der Waals surface area contributed by atoms with Crippen molar-refractivity contribution < 1.29 is 14.3 Å². The van der Waals surface area contributed by atoms with Crippen LogP contribution in [0.2, 0.25) is 0 Å². The Bertz CT molecular complexity index is 600. The molecule has 0 fully saturated rings. The molecule has 0 aliphatic carbocycles. The predicted octanol–water partition coefficient (Wildman–Crippen LogP) is 1.73. The third-order valence-electron chi connectivity index (χ3n) is 2.53. The summed E-state index contributed by atoms with van der Waals surface area (Å²) in [5.74, 6) is -0.151. The maximum absolute atomic E-state index is 11.7. The third-order valence-corrected chi connectivity index (χ3v) is 4.39. The highest BCUT2D eigenvalue weighted by Crippen LogP contribution is 2.18. The summed E-state index contributed by atoms with van der Waals surface area (Å²) < 4.78 is 5.39. The van der Waals surface area contributed by atoms with E-state index in [-0.39, 0.29) is 11.9 Å². The second kappa shape index (κ2) is 7.75. The second-order valence-electron chi connectivity index (χ2n) is 3.96. The summed E-state index contributed by atoms with van der Waals surface area (Å²) in [6.07, 6.45) is 0. The van der Waals surface area contributed by atoms with Crippen LogP contribution in [0.3, 0.4) is 0 Å². The van der Waals surface area contributed by atoms with E-state index in [0.717, 1.165) is 9.90 Å². The third kappa shape index (κ3) is 4.83. The number of rotatable bonds is 6. The average Bonchev–Trinajstić information content (AvgIpc) is 3.04. The highest BCUT2D eigenvalue weighted by atomic mass is 32.2. The van der Waals surface area contributed by atoms with Gasteiger partial charge in [-0.1, -0.05) is 35.2 Å². The van der Waals surface area contributed by atoms with Gasteiger partial charge in [0.2, 0.25) is 5.91 Å². The van der Waals surface area contributed by atoms with Gasteiger partial charge in [-0.05, 0) is 17.7 Å². The van der Waals surface area contributed by atoms with E-state index >= 15 is 0 Å². The van der Waals surface area contributed by atoms with E-state index < -0.39 is 0 Å². The summed E-state index contributed by atoms with van der Waals surface area (Å²) in [6, 6.07) is 6.90. The summed E-state index contributed by atoms with van der Waals surface area (Å²) in [7, 11) is 1.34. The summed E-state index contributed by atoms with van der Waals surface area (Å²) in [6.45, 7) is 0.414. The minimum absolute atomic E-state index is 0.0766. The fourth-order valence-corrected chi connectivity index (χ4v) is 2.80. The summed E-state index contributed by atoms with van der Waals surface area (Å²) in [4.78, 5) is 23.0. The standard InChI is InChI=1S/C13H13N3O3S2/c1-19-12(18)10-4-2-9(3-5-10)6-14-11(17)7-20-13-16-15-8-21-13/h2-5,8H,6-7H2,1H3,(H,14,17). The Kier molecular flexibility index (Phi) is 5.70. The monoisotopic (exact) mass is 323 g/mol. The van der Waals surface area contributed by atoms with Crippen LogP contribution in [0.25, 0.3) is 0 Å². The van der Waals surface area contributed by atoms with Crippen molar-refractivity contribution in [3.63, 3.8) is 0 Å². The molecule has 1 N–H and O–H groups in total. The summed E-state index contributed by atoms with van der Waals surface area (Å²) in [5, 5.41) is 10.4. The number of nitrogens with zero attached hydrogens (tertiary/aromatic N) is 2. The fraction of sp³-hybridized carbons (Fsp3) is 0.231. The van der Waals surface area contributed by atoms with Gasteiger partial charge in [-0.2, -0.15) is 0 Å². The Morgan fingerprint density at radius 3 is 2.71 bits per heavy atom. The number of aromatic nitrogens is 2. The molecule has 0 saturated heterocycles. The van der Waals surface area contributed by atoms with E-state index in [1.165, 1.54) is 30.2 Å². The number of nitrogens with one attached hydrogen (secondary N) is 1. The van der Waals surface area contributed by atoms with Gasteiger partial charge in [0, 0.05) is 6.54 Å². The number of carbonyl (C=O) groups excluding carboxylic acids is 2. The molecule has 0 saturated carbocycles. The molecule has 8 heteroatoms. The van der Waals surface area contributed by atoms with Gasteiger partial charge in [-0.15, -0.1) is 10.2 Å². The van der Waals surface area contributed by atoms with Crippen molar-refractivity contribution in [2.45, 2.75) is 10.9 Å². The molecule has 0 bridgehead atoms. The van der Waals surface area contributed by atoms with E-state index in [1.807, 2.05) is 0 Å². The van der Waals surface area contributed by atoms with Crippen molar-refractivity contribution in [1.82, 2.24) is 15.5 Å². The smallest absolute Gasteiger partial charge is 0.337 e.